The number of carbonyl (C=O) groups excluding carboxylic acids is 1. The number of benzene rings is 1. The van der Waals surface area contributed by atoms with Crippen LogP contribution >= 0.6 is 12.2 Å². The fourth-order valence-corrected chi connectivity index (χ4v) is 2.61. The number of alkyl halides is 3. The normalized spacial score (nSPS) is 18.8. The van der Waals surface area contributed by atoms with Crippen molar-refractivity contribution >= 4 is 23.3 Å². The fraction of sp³-hybridized carbons (Fsp3) is 0.333. The number of rotatable bonds is 2. The summed E-state index contributed by atoms with van der Waals surface area (Å²) < 4.78 is 43.5. The number of allylic oxidation sites excluding steroid dienone is 1. The van der Waals surface area contributed by atoms with Crippen molar-refractivity contribution in [3.05, 3.63) is 46.7 Å². The molecule has 0 amide bonds. The van der Waals surface area contributed by atoms with Gasteiger partial charge in [0.15, 0.2) is 5.11 Å². The van der Waals surface area contributed by atoms with Gasteiger partial charge in [0.2, 0.25) is 0 Å². The summed E-state index contributed by atoms with van der Waals surface area (Å²) in [5.41, 5.74) is 0.254. The number of halogens is 3. The molecule has 1 N–H and O–H groups in total. The first kappa shape index (κ1) is 17.3. The molecule has 124 valence electrons. The molecule has 0 aliphatic carbocycles. The number of thiocarbonyl (C=S) groups is 1. The van der Waals surface area contributed by atoms with E-state index in [2.05, 4.69) is 5.32 Å². The lowest BCUT2D eigenvalue weighted by Crippen LogP contribution is -2.46. The van der Waals surface area contributed by atoms with Gasteiger partial charge in [0.25, 0.3) is 0 Å². The predicted octanol–water partition coefficient (Wildman–Crippen LogP) is 3.01. The summed E-state index contributed by atoms with van der Waals surface area (Å²) in [4.78, 5) is 13.7. The highest BCUT2D eigenvalue weighted by Crippen LogP contribution is 2.34. The van der Waals surface area contributed by atoms with E-state index in [1.807, 2.05) is 0 Å². The van der Waals surface area contributed by atoms with Gasteiger partial charge in [-0.25, -0.2) is 4.79 Å². The first-order chi connectivity index (χ1) is 10.7. The Labute approximate surface area is 136 Å². The topological polar surface area (TPSA) is 41.6 Å². The molecule has 0 bridgehead atoms. The molecule has 1 heterocycles. The first-order valence-electron chi connectivity index (χ1n) is 6.67. The van der Waals surface area contributed by atoms with Gasteiger partial charge >= 0.3 is 12.1 Å². The third-order valence-corrected chi connectivity index (χ3v) is 4.10. The molecule has 0 saturated heterocycles. The molecule has 0 spiro atoms. The van der Waals surface area contributed by atoms with Crippen LogP contribution in [0.3, 0.4) is 0 Å². The van der Waals surface area contributed by atoms with Gasteiger partial charge in [0.05, 0.1) is 24.3 Å². The van der Waals surface area contributed by atoms with Gasteiger partial charge in [-0.3, -0.25) is 0 Å². The molecule has 23 heavy (non-hydrogen) atoms. The number of ether oxygens (including phenoxy) is 1. The lowest BCUT2D eigenvalue weighted by molar-refractivity contribution is -0.137. The maximum absolute atomic E-state index is 12.9. The number of esters is 1. The SMILES string of the molecule is COC(=O)C1=C(C)N(C)C(=S)N[C@@H]1c1cccc(C(F)(F)F)c1. The molecule has 0 unspecified atom stereocenters. The average molecular weight is 344 g/mol. The van der Waals surface area contributed by atoms with Crippen molar-refractivity contribution in [1.29, 1.82) is 0 Å². The van der Waals surface area contributed by atoms with E-state index in [-0.39, 0.29) is 11.1 Å². The summed E-state index contributed by atoms with van der Waals surface area (Å²) >= 11 is 5.17. The van der Waals surface area contributed by atoms with Crippen molar-refractivity contribution in [3.63, 3.8) is 0 Å². The summed E-state index contributed by atoms with van der Waals surface area (Å²) in [5.74, 6) is -0.619. The van der Waals surface area contributed by atoms with Crippen LogP contribution in [0.15, 0.2) is 35.5 Å². The number of nitrogens with zero attached hydrogens (tertiary/aromatic N) is 1. The van der Waals surface area contributed by atoms with Gasteiger partial charge in [-0.05, 0) is 36.8 Å². The molecule has 4 nitrogen and oxygen atoms in total. The van der Waals surface area contributed by atoms with Gasteiger partial charge in [-0.2, -0.15) is 13.2 Å². The van der Waals surface area contributed by atoms with Gasteiger partial charge in [0.1, 0.15) is 0 Å². The summed E-state index contributed by atoms with van der Waals surface area (Å²) in [6.45, 7) is 1.67. The molecule has 1 aromatic carbocycles. The standard InChI is InChI=1S/C15H15F3N2O2S/c1-8-11(13(21)22-3)12(19-14(23)20(8)2)9-5-4-6-10(7-9)15(16,17)18/h4-7,12H,1-3H3,(H,19,23)/t12-/m1/s1. The zero-order valence-corrected chi connectivity index (χ0v) is 13.5. The molecule has 1 atom stereocenters. The Hall–Kier alpha value is -2.09. The van der Waals surface area contributed by atoms with Crippen LogP contribution in [-0.2, 0) is 15.7 Å². The number of nitrogens with one attached hydrogen (secondary N) is 1. The molecule has 0 aromatic heterocycles. The van der Waals surface area contributed by atoms with E-state index in [0.717, 1.165) is 12.1 Å². The van der Waals surface area contributed by atoms with Crippen molar-refractivity contribution in [2.24, 2.45) is 0 Å². The quantitative estimate of drug-likeness (QED) is 0.660. The van der Waals surface area contributed by atoms with Crippen LogP contribution in [-0.4, -0.2) is 30.1 Å². The molecule has 8 heteroatoms. The summed E-state index contributed by atoms with van der Waals surface area (Å²) in [6, 6.07) is 3.99. The minimum Gasteiger partial charge on any atom is -0.466 e. The molecule has 0 saturated carbocycles. The molecule has 1 aliphatic heterocycles. The molecular formula is C15H15F3N2O2S. The summed E-state index contributed by atoms with van der Waals surface area (Å²) in [6.07, 6.45) is -4.47. The van der Waals surface area contributed by atoms with Crippen LogP contribution < -0.4 is 5.32 Å². The molecule has 1 aromatic rings. The van der Waals surface area contributed by atoms with E-state index >= 15 is 0 Å². The van der Waals surface area contributed by atoms with Gasteiger partial charge in [-0.1, -0.05) is 12.1 Å². The lowest BCUT2D eigenvalue weighted by Gasteiger charge is -2.35. The molecule has 0 radical (unpaired) electrons. The Balaban J connectivity index is 2.56. The number of carbonyl (C=O) groups is 1. The Morgan fingerprint density at radius 3 is 2.61 bits per heavy atom. The maximum Gasteiger partial charge on any atom is 0.416 e. The smallest absolute Gasteiger partial charge is 0.416 e. The van der Waals surface area contributed by atoms with E-state index in [9.17, 15) is 18.0 Å². The van der Waals surface area contributed by atoms with Gasteiger partial charge < -0.3 is 15.0 Å². The molecule has 2 rings (SSSR count). The first-order valence-corrected chi connectivity index (χ1v) is 7.08. The number of hydrogen-bond donors (Lipinski definition) is 1. The highest BCUT2D eigenvalue weighted by Gasteiger charge is 2.35. The maximum atomic E-state index is 12.9. The lowest BCUT2D eigenvalue weighted by atomic mass is 9.94. The second kappa shape index (κ2) is 6.19. The average Bonchev–Trinajstić information content (AvgIpc) is 2.51. The van der Waals surface area contributed by atoms with Crippen molar-refractivity contribution in [2.75, 3.05) is 14.2 Å². The van der Waals surface area contributed by atoms with Crippen molar-refractivity contribution in [2.45, 2.75) is 19.1 Å². The zero-order valence-electron chi connectivity index (χ0n) is 12.7. The van der Waals surface area contributed by atoms with Gasteiger partial charge in [-0.15, -0.1) is 0 Å². The summed E-state index contributed by atoms with van der Waals surface area (Å²) in [5, 5.41) is 3.21. The molecular weight excluding hydrogens is 329 g/mol. The second-order valence-corrected chi connectivity index (χ2v) is 5.44. The van der Waals surface area contributed by atoms with Crippen LogP contribution in [0.2, 0.25) is 0 Å². The number of hydrogen-bond acceptors (Lipinski definition) is 3. The van der Waals surface area contributed by atoms with Crippen molar-refractivity contribution in [1.82, 2.24) is 10.2 Å². The predicted molar refractivity (Wildman–Crippen MR) is 82.4 cm³/mol. The third-order valence-electron chi connectivity index (χ3n) is 3.71. The Morgan fingerprint density at radius 2 is 2.04 bits per heavy atom. The van der Waals surface area contributed by atoms with E-state index in [1.54, 1.807) is 18.9 Å². The van der Waals surface area contributed by atoms with E-state index in [0.29, 0.717) is 10.8 Å². The molecule has 0 fully saturated rings. The summed E-state index contributed by atoms with van der Waals surface area (Å²) in [7, 11) is 2.88. The number of methoxy groups -OCH3 is 1. The Kier molecular flexibility index (Phi) is 4.65. The monoisotopic (exact) mass is 344 g/mol. The van der Waals surface area contributed by atoms with Gasteiger partial charge in [0, 0.05) is 12.7 Å². The highest BCUT2D eigenvalue weighted by atomic mass is 32.1. The van der Waals surface area contributed by atoms with E-state index in [4.69, 9.17) is 17.0 Å². The van der Waals surface area contributed by atoms with E-state index in [1.165, 1.54) is 19.2 Å². The Morgan fingerprint density at radius 1 is 1.39 bits per heavy atom. The second-order valence-electron chi connectivity index (χ2n) is 5.06. The van der Waals surface area contributed by atoms with Crippen LogP contribution in [0.4, 0.5) is 13.2 Å². The molecule has 1 aliphatic rings. The van der Waals surface area contributed by atoms with Crippen LogP contribution in [0, 0.1) is 0 Å². The highest BCUT2D eigenvalue weighted by molar-refractivity contribution is 7.80. The minimum absolute atomic E-state index is 0.225. The van der Waals surface area contributed by atoms with Crippen LogP contribution in [0.5, 0.6) is 0 Å². The fourth-order valence-electron chi connectivity index (χ4n) is 2.35. The van der Waals surface area contributed by atoms with Crippen molar-refractivity contribution in [3.8, 4) is 0 Å². The van der Waals surface area contributed by atoms with Crippen LogP contribution in [0.25, 0.3) is 0 Å². The zero-order chi connectivity index (χ0) is 17.4. The minimum atomic E-state index is -4.47. The van der Waals surface area contributed by atoms with Crippen molar-refractivity contribution < 1.29 is 22.7 Å². The van der Waals surface area contributed by atoms with E-state index < -0.39 is 23.8 Å². The third kappa shape index (κ3) is 3.31. The van der Waals surface area contributed by atoms with Crippen LogP contribution in [0.1, 0.15) is 24.1 Å². The Bertz CT molecular complexity index is 686. The largest absolute Gasteiger partial charge is 0.466 e.